The number of aromatic nitrogens is 1. The van der Waals surface area contributed by atoms with E-state index >= 15 is 0 Å². The van der Waals surface area contributed by atoms with E-state index in [-0.39, 0.29) is 0 Å². The van der Waals surface area contributed by atoms with E-state index in [1.54, 1.807) is 0 Å². The van der Waals surface area contributed by atoms with Gasteiger partial charge in [-0.1, -0.05) is 27.7 Å². The van der Waals surface area contributed by atoms with E-state index in [2.05, 4.69) is 57.1 Å². The van der Waals surface area contributed by atoms with E-state index in [0.717, 1.165) is 12.2 Å². The highest BCUT2D eigenvalue weighted by Gasteiger charge is 2.16. The fourth-order valence-electron chi connectivity index (χ4n) is 1.99. The Kier molecular flexibility index (Phi) is 5.13. The molecule has 0 aliphatic carbocycles. The van der Waals surface area contributed by atoms with Crippen molar-refractivity contribution < 1.29 is 0 Å². The fraction of sp³-hybridized carbons (Fsp3) is 0.667. The van der Waals surface area contributed by atoms with Crippen molar-refractivity contribution >= 4 is 0 Å². The van der Waals surface area contributed by atoms with Crippen LogP contribution < -0.4 is 5.32 Å². The molecule has 1 heterocycles. The molecule has 0 radical (unpaired) electrons. The second-order valence-electron chi connectivity index (χ2n) is 5.94. The lowest BCUT2D eigenvalue weighted by Crippen LogP contribution is -2.22. The highest BCUT2D eigenvalue weighted by atomic mass is 14.9. The van der Waals surface area contributed by atoms with E-state index in [1.807, 2.05) is 6.20 Å². The number of nitrogens with one attached hydrogen (secondary N) is 1. The highest BCUT2D eigenvalue weighted by molar-refractivity contribution is 5.19. The van der Waals surface area contributed by atoms with E-state index < -0.39 is 0 Å². The van der Waals surface area contributed by atoms with Gasteiger partial charge < -0.3 is 5.32 Å². The van der Waals surface area contributed by atoms with Crippen LogP contribution in [0.15, 0.2) is 18.3 Å². The Labute approximate surface area is 106 Å². The van der Waals surface area contributed by atoms with E-state index in [0.29, 0.717) is 11.5 Å². The number of hydrogen-bond donors (Lipinski definition) is 1. The van der Waals surface area contributed by atoms with Crippen molar-refractivity contribution in [1.29, 1.82) is 0 Å². The van der Waals surface area contributed by atoms with Crippen molar-refractivity contribution in [3.63, 3.8) is 0 Å². The second kappa shape index (κ2) is 6.15. The van der Waals surface area contributed by atoms with Gasteiger partial charge in [0.25, 0.3) is 0 Å². The standard InChI is InChI=1S/C15H26N2/c1-6-16-14(7-9-15(3,4)5)13-8-10-17-12(2)11-13/h8,10-11,14,16H,6-7,9H2,1-5H3. The zero-order chi connectivity index (χ0) is 12.9. The summed E-state index contributed by atoms with van der Waals surface area (Å²) in [5.74, 6) is 0. The van der Waals surface area contributed by atoms with Crippen molar-refractivity contribution in [3.8, 4) is 0 Å². The van der Waals surface area contributed by atoms with E-state index in [1.165, 1.54) is 18.4 Å². The van der Waals surface area contributed by atoms with Gasteiger partial charge in [-0.05, 0) is 49.4 Å². The van der Waals surface area contributed by atoms with Crippen LogP contribution in [0.25, 0.3) is 0 Å². The summed E-state index contributed by atoms with van der Waals surface area (Å²) < 4.78 is 0. The molecule has 0 saturated heterocycles. The SMILES string of the molecule is CCNC(CCC(C)(C)C)c1ccnc(C)c1. The molecule has 2 nitrogen and oxygen atoms in total. The summed E-state index contributed by atoms with van der Waals surface area (Å²) in [6.45, 7) is 12.1. The lowest BCUT2D eigenvalue weighted by atomic mass is 9.87. The molecular formula is C15H26N2. The maximum absolute atomic E-state index is 4.26. The van der Waals surface area contributed by atoms with Gasteiger partial charge in [0.05, 0.1) is 0 Å². The number of pyridine rings is 1. The maximum atomic E-state index is 4.26. The molecule has 1 N–H and O–H groups in total. The monoisotopic (exact) mass is 234 g/mol. The van der Waals surface area contributed by atoms with Crippen LogP contribution in [0, 0.1) is 12.3 Å². The van der Waals surface area contributed by atoms with Gasteiger partial charge in [0.1, 0.15) is 0 Å². The predicted molar refractivity (Wildman–Crippen MR) is 74.1 cm³/mol. The zero-order valence-electron chi connectivity index (χ0n) is 11.9. The van der Waals surface area contributed by atoms with Crippen molar-refractivity contribution in [2.75, 3.05) is 6.54 Å². The van der Waals surface area contributed by atoms with Crippen LogP contribution in [0.1, 0.15) is 57.8 Å². The van der Waals surface area contributed by atoms with Gasteiger partial charge >= 0.3 is 0 Å². The molecule has 0 bridgehead atoms. The minimum absolute atomic E-state index is 0.399. The molecule has 0 saturated carbocycles. The Balaban J connectivity index is 2.71. The second-order valence-corrected chi connectivity index (χ2v) is 5.94. The predicted octanol–water partition coefficient (Wildman–Crippen LogP) is 3.87. The van der Waals surface area contributed by atoms with Crippen LogP contribution in [0.2, 0.25) is 0 Å². The molecule has 1 unspecified atom stereocenters. The Morgan fingerprint density at radius 2 is 2.06 bits per heavy atom. The fourth-order valence-corrected chi connectivity index (χ4v) is 1.99. The molecule has 1 atom stereocenters. The van der Waals surface area contributed by atoms with Crippen LogP contribution >= 0.6 is 0 Å². The first-order valence-corrected chi connectivity index (χ1v) is 6.58. The molecular weight excluding hydrogens is 208 g/mol. The van der Waals surface area contributed by atoms with Crippen LogP contribution in [0.5, 0.6) is 0 Å². The highest BCUT2D eigenvalue weighted by Crippen LogP contribution is 2.27. The molecule has 0 spiro atoms. The minimum Gasteiger partial charge on any atom is -0.310 e. The van der Waals surface area contributed by atoms with Gasteiger partial charge in [-0.3, -0.25) is 4.98 Å². The molecule has 0 aromatic carbocycles. The Morgan fingerprint density at radius 1 is 1.35 bits per heavy atom. The van der Waals surface area contributed by atoms with Gasteiger partial charge in [0, 0.05) is 17.9 Å². The zero-order valence-corrected chi connectivity index (χ0v) is 11.9. The summed E-state index contributed by atoms with van der Waals surface area (Å²) in [6, 6.07) is 4.78. The van der Waals surface area contributed by atoms with Gasteiger partial charge in [-0.15, -0.1) is 0 Å². The number of aryl methyl sites for hydroxylation is 1. The smallest absolute Gasteiger partial charge is 0.0375 e. The summed E-state index contributed by atoms with van der Waals surface area (Å²) in [5.41, 5.74) is 2.86. The first-order chi connectivity index (χ1) is 7.92. The van der Waals surface area contributed by atoms with Crippen LogP contribution in [-0.4, -0.2) is 11.5 Å². The topological polar surface area (TPSA) is 24.9 Å². The normalized spacial score (nSPS) is 13.7. The van der Waals surface area contributed by atoms with Crippen molar-refractivity contribution in [1.82, 2.24) is 10.3 Å². The molecule has 1 rings (SSSR count). The Morgan fingerprint density at radius 3 is 2.59 bits per heavy atom. The average molecular weight is 234 g/mol. The Hall–Kier alpha value is -0.890. The maximum Gasteiger partial charge on any atom is 0.0375 e. The molecule has 0 fully saturated rings. The van der Waals surface area contributed by atoms with Gasteiger partial charge in [0.15, 0.2) is 0 Å². The van der Waals surface area contributed by atoms with Gasteiger partial charge in [0.2, 0.25) is 0 Å². The number of hydrogen-bond acceptors (Lipinski definition) is 2. The van der Waals surface area contributed by atoms with Crippen LogP contribution in [-0.2, 0) is 0 Å². The lowest BCUT2D eigenvalue weighted by molar-refractivity contribution is 0.333. The molecule has 17 heavy (non-hydrogen) atoms. The number of rotatable bonds is 5. The van der Waals surface area contributed by atoms with E-state index in [9.17, 15) is 0 Å². The van der Waals surface area contributed by atoms with Crippen LogP contribution in [0.4, 0.5) is 0 Å². The molecule has 2 heteroatoms. The van der Waals surface area contributed by atoms with E-state index in [4.69, 9.17) is 0 Å². The lowest BCUT2D eigenvalue weighted by Gasteiger charge is -2.24. The third-order valence-electron chi connectivity index (χ3n) is 2.96. The van der Waals surface area contributed by atoms with Gasteiger partial charge in [-0.2, -0.15) is 0 Å². The van der Waals surface area contributed by atoms with Crippen molar-refractivity contribution in [2.24, 2.45) is 5.41 Å². The molecule has 96 valence electrons. The molecule has 0 amide bonds. The summed E-state index contributed by atoms with van der Waals surface area (Å²) in [6.07, 6.45) is 4.32. The average Bonchev–Trinajstić information content (AvgIpc) is 2.23. The molecule has 0 aliphatic heterocycles. The summed E-state index contributed by atoms with van der Waals surface area (Å²) >= 11 is 0. The summed E-state index contributed by atoms with van der Waals surface area (Å²) in [5, 5.41) is 3.57. The van der Waals surface area contributed by atoms with Gasteiger partial charge in [-0.25, -0.2) is 0 Å². The first kappa shape index (κ1) is 14.2. The molecule has 1 aromatic heterocycles. The summed E-state index contributed by atoms with van der Waals surface area (Å²) in [7, 11) is 0. The third-order valence-corrected chi connectivity index (χ3v) is 2.96. The summed E-state index contributed by atoms with van der Waals surface area (Å²) in [4.78, 5) is 4.26. The van der Waals surface area contributed by atoms with Crippen molar-refractivity contribution in [3.05, 3.63) is 29.6 Å². The number of nitrogens with zero attached hydrogens (tertiary/aromatic N) is 1. The quantitative estimate of drug-likeness (QED) is 0.836. The Bertz CT molecular complexity index is 339. The minimum atomic E-state index is 0.399. The van der Waals surface area contributed by atoms with Crippen LogP contribution in [0.3, 0.4) is 0 Å². The first-order valence-electron chi connectivity index (χ1n) is 6.58. The molecule has 0 aliphatic rings. The largest absolute Gasteiger partial charge is 0.310 e. The third kappa shape index (κ3) is 5.31. The van der Waals surface area contributed by atoms with Crippen molar-refractivity contribution in [2.45, 2.75) is 53.5 Å². The molecule has 1 aromatic rings.